The molecule has 1 heterocycles. The number of nitrogens with zero attached hydrogens (tertiary/aromatic N) is 2. The zero-order chi connectivity index (χ0) is 20.0. The molecule has 0 saturated carbocycles. The molecule has 3 nitrogen and oxygen atoms in total. The molecule has 140 valence electrons. The van der Waals surface area contributed by atoms with E-state index in [0.717, 1.165) is 10.8 Å². The number of halogens is 8. The Morgan fingerprint density at radius 1 is 1.15 bits per heavy atom. The Morgan fingerprint density at radius 2 is 1.65 bits per heavy atom. The SMILES string of the molecule is Cc1c(C#N)c([S+]([O-])C(F)(Cl)Cl)cn1-c1c(Cl)cc(C(F)(F)F)cc1Cl. The van der Waals surface area contributed by atoms with Crippen molar-refractivity contribution >= 4 is 57.6 Å². The Hall–Kier alpha value is -0.820. The molecule has 2 rings (SSSR count). The van der Waals surface area contributed by atoms with Crippen molar-refractivity contribution in [1.82, 2.24) is 4.57 Å². The molecule has 26 heavy (non-hydrogen) atoms. The average Bonchev–Trinajstić information content (AvgIpc) is 2.80. The molecule has 0 spiro atoms. The predicted octanol–water partition coefficient (Wildman–Crippen LogP) is 6.15. The molecule has 2 aromatic rings. The van der Waals surface area contributed by atoms with E-state index >= 15 is 0 Å². The van der Waals surface area contributed by atoms with Crippen LogP contribution in [0.5, 0.6) is 0 Å². The van der Waals surface area contributed by atoms with Crippen molar-refractivity contribution in [3.05, 3.63) is 45.2 Å². The fourth-order valence-electron chi connectivity index (χ4n) is 2.17. The van der Waals surface area contributed by atoms with Gasteiger partial charge in [-0.15, -0.1) is 0 Å². The standard InChI is InChI=1S/C14H6Cl4F4N2OS/c1-6-8(4-23)11(26(25)14(17,18)22)5-24(6)12-9(15)2-7(3-10(12)16)13(19,20)21/h2-3,5H,1H3. The lowest BCUT2D eigenvalue weighted by molar-refractivity contribution is -0.137. The van der Waals surface area contributed by atoms with E-state index in [1.54, 1.807) is 6.07 Å². The second-order valence-electron chi connectivity index (χ2n) is 4.94. The first-order valence-corrected chi connectivity index (χ1v) is 9.12. The Bertz CT molecular complexity index is 879. The lowest BCUT2D eigenvalue weighted by Crippen LogP contribution is -2.21. The summed E-state index contributed by atoms with van der Waals surface area (Å²) in [7, 11) is 0. The molecule has 1 atom stereocenters. The molecule has 0 fully saturated rings. The summed E-state index contributed by atoms with van der Waals surface area (Å²) in [5.74, 6) is 0. The van der Waals surface area contributed by atoms with Crippen molar-refractivity contribution in [2.24, 2.45) is 0 Å². The van der Waals surface area contributed by atoms with Gasteiger partial charge in [-0.3, -0.25) is 0 Å². The Morgan fingerprint density at radius 3 is 2.04 bits per heavy atom. The normalized spacial score (nSPS) is 13.6. The maximum Gasteiger partial charge on any atom is 0.423 e. The summed E-state index contributed by atoms with van der Waals surface area (Å²) in [6, 6.07) is 3.01. The van der Waals surface area contributed by atoms with Gasteiger partial charge >= 0.3 is 10.1 Å². The van der Waals surface area contributed by atoms with Crippen LogP contribution >= 0.6 is 46.4 Å². The molecule has 0 amide bonds. The van der Waals surface area contributed by atoms with E-state index in [1.807, 2.05) is 0 Å². The van der Waals surface area contributed by atoms with Gasteiger partial charge in [0.25, 0.3) is 0 Å². The van der Waals surface area contributed by atoms with Crippen LogP contribution in [0.1, 0.15) is 16.8 Å². The molecule has 0 aliphatic heterocycles. The minimum absolute atomic E-state index is 0.104. The summed E-state index contributed by atoms with van der Waals surface area (Å²) in [5, 5.41) is 8.48. The second-order valence-corrected chi connectivity index (χ2v) is 8.97. The van der Waals surface area contributed by atoms with E-state index in [9.17, 15) is 27.4 Å². The smallest absolute Gasteiger partial charge is 0.423 e. The summed E-state index contributed by atoms with van der Waals surface area (Å²) in [6.07, 6.45) is -3.64. The van der Waals surface area contributed by atoms with Gasteiger partial charge in [0, 0.05) is 5.69 Å². The molecule has 0 bridgehead atoms. The highest BCUT2D eigenvalue weighted by atomic mass is 35.5. The second kappa shape index (κ2) is 7.30. The summed E-state index contributed by atoms with van der Waals surface area (Å²) in [4.78, 5) is -0.357. The van der Waals surface area contributed by atoms with Gasteiger partial charge in [0.1, 0.15) is 11.6 Å². The molecular formula is C14H6Cl4F4N2OS. The van der Waals surface area contributed by atoms with Gasteiger partial charge in [0.15, 0.2) is 4.90 Å². The highest BCUT2D eigenvalue weighted by molar-refractivity contribution is 7.95. The van der Waals surface area contributed by atoms with Gasteiger partial charge in [0.2, 0.25) is 0 Å². The number of benzene rings is 1. The van der Waals surface area contributed by atoms with Gasteiger partial charge in [0.05, 0.1) is 38.7 Å². The van der Waals surface area contributed by atoms with Crippen LogP contribution in [0, 0.1) is 18.3 Å². The molecule has 0 aliphatic rings. The van der Waals surface area contributed by atoms with E-state index in [1.165, 1.54) is 6.92 Å². The third-order valence-corrected chi connectivity index (χ3v) is 5.87. The van der Waals surface area contributed by atoms with Crippen LogP contribution < -0.4 is 0 Å². The maximum absolute atomic E-state index is 13.6. The van der Waals surface area contributed by atoms with Crippen LogP contribution in [0.3, 0.4) is 0 Å². The third-order valence-electron chi connectivity index (χ3n) is 3.32. The van der Waals surface area contributed by atoms with Gasteiger partial charge in [-0.2, -0.15) is 22.8 Å². The van der Waals surface area contributed by atoms with Crippen LogP contribution in [0.15, 0.2) is 23.2 Å². The molecular weight excluding hydrogens is 462 g/mol. The van der Waals surface area contributed by atoms with Crippen molar-refractivity contribution in [2.75, 3.05) is 0 Å². The monoisotopic (exact) mass is 466 g/mol. The predicted molar refractivity (Wildman–Crippen MR) is 92.2 cm³/mol. The van der Waals surface area contributed by atoms with E-state index in [0.29, 0.717) is 12.1 Å². The largest absolute Gasteiger partial charge is 0.607 e. The minimum Gasteiger partial charge on any atom is -0.607 e. The minimum atomic E-state index is -4.67. The Labute approximate surface area is 168 Å². The number of nitriles is 1. The molecule has 12 heteroatoms. The summed E-state index contributed by atoms with van der Waals surface area (Å²) in [6.45, 7) is 1.38. The van der Waals surface area contributed by atoms with Crippen molar-refractivity contribution < 1.29 is 22.1 Å². The first kappa shape index (κ1) is 21.5. The number of rotatable bonds is 3. The van der Waals surface area contributed by atoms with E-state index in [-0.39, 0.29) is 31.9 Å². The summed E-state index contributed by atoms with van der Waals surface area (Å²) in [5.41, 5.74) is -1.29. The first-order valence-electron chi connectivity index (χ1n) is 6.46. The molecule has 0 radical (unpaired) electrons. The number of hydrogen-bond acceptors (Lipinski definition) is 2. The van der Waals surface area contributed by atoms with Crippen LogP contribution in [-0.2, 0) is 17.4 Å². The number of aromatic nitrogens is 1. The molecule has 1 unspecified atom stereocenters. The molecule has 1 aromatic carbocycles. The zero-order valence-corrected chi connectivity index (χ0v) is 16.3. The van der Waals surface area contributed by atoms with E-state index in [4.69, 9.17) is 46.4 Å². The number of alkyl halides is 6. The summed E-state index contributed by atoms with van der Waals surface area (Å²) < 4.78 is 62.2. The molecule has 0 saturated heterocycles. The molecule has 1 aromatic heterocycles. The Balaban J connectivity index is 2.72. The fraction of sp³-hybridized carbons (Fsp3) is 0.214. The topological polar surface area (TPSA) is 51.8 Å². The molecule has 0 aliphatic carbocycles. The quantitative estimate of drug-likeness (QED) is 0.309. The van der Waals surface area contributed by atoms with Gasteiger partial charge < -0.3 is 9.12 Å². The lowest BCUT2D eigenvalue weighted by atomic mass is 10.2. The fourth-order valence-corrected chi connectivity index (χ4v) is 4.17. The highest BCUT2D eigenvalue weighted by Crippen LogP contribution is 2.41. The number of hydrogen-bond donors (Lipinski definition) is 0. The van der Waals surface area contributed by atoms with Gasteiger partial charge in [-0.05, 0) is 42.3 Å². The van der Waals surface area contributed by atoms with Crippen LogP contribution in [0.4, 0.5) is 17.6 Å². The van der Waals surface area contributed by atoms with Crippen LogP contribution in [0.25, 0.3) is 5.69 Å². The average molecular weight is 468 g/mol. The van der Waals surface area contributed by atoms with E-state index in [2.05, 4.69) is 0 Å². The maximum atomic E-state index is 13.6. The first-order chi connectivity index (χ1) is 11.8. The summed E-state index contributed by atoms with van der Waals surface area (Å²) >= 11 is 19.6. The van der Waals surface area contributed by atoms with Gasteiger partial charge in [-0.25, -0.2) is 0 Å². The van der Waals surface area contributed by atoms with E-state index < -0.39 is 26.8 Å². The third kappa shape index (κ3) is 4.03. The van der Waals surface area contributed by atoms with Crippen LogP contribution in [0.2, 0.25) is 10.0 Å². The highest BCUT2D eigenvalue weighted by Gasteiger charge is 2.43. The Kier molecular flexibility index (Phi) is 6.03. The van der Waals surface area contributed by atoms with Crippen molar-refractivity contribution in [3.63, 3.8) is 0 Å². The lowest BCUT2D eigenvalue weighted by Gasteiger charge is -2.15. The van der Waals surface area contributed by atoms with Crippen molar-refractivity contribution in [3.8, 4) is 11.8 Å². The van der Waals surface area contributed by atoms with Crippen molar-refractivity contribution in [1.29, 1.82) is 5.26 Å². The van der Waals surface area contributed by atoms with Gasteiger partial charge in [-0.1, -0.05) is 23.2 Å². The van der Waals surface area contributed by atoms with Crippen LogP contribution in [-0.4, -0.2) is 13.0 Å². The molecule has 0 N–H and O–H groups in total. The van der Waals surface area contributed by atoms with Crippen molar-refractivity contribution in [2.45, 2.75) is 21.9 Å². The zero-order valence-electron chi connectivity index (χ0n) is 12.5.